The summed E-state index contributed by atoms with van der Waals surface area (Å²) in [7, 11) is 1.50. The molecule has 0 bridgehead atoms. The van der Waals surface area contributed by atoms with Crippen LogP contribution in [-0.2, 0) is 6.61 Å². The van der Waals surface area contributed by atoms with Crippen LogP contribution in [0, 0.1) is 12.7 Å². The maximum absolute atomic E-state index is 13.8. The predicted molar refractivity (Wildman–Crippen MR) is 111 cm³/mol. The maximum atomic E-state index is 13.8. The highest BCUT2D eigenvalue weighted by molar-refractivity contribution is 9.10. The van der Waals surface area contributed by atoms with E-state index < -0.39 is 11.7 Å². The molecule has 0 aliphatic rings. The van der Waals surface area contributed by atoms with E-state index >= 15 is 0 Å². The van der Waals surface area contributed by atoms with Gasteiger partial charge in [-0.2, -0.15) is 0 Å². The number of halogens is 2. The molecule has 0 heterocycles. The van der Waals surface area contributed by atoms with Crippen molar-refractivity contribution in [3.8, 4) is 11.5 Å². The molecule has 3 aromatic rings. The van der Waals surface area contributed by atoms with Crippen molar-refractivity contribution in [3.05, 3.63) is 87.6 Å². The average molecular weight is 444 g/mol. The number of aryl methyl sites for hydroxylation is 1. The predicted octanol–water partition coefficient (Wildman–Crippen LogP) is 5.74. The van der Waals surface area contributed by atoms with Gasteiger partial charge in [-0.05, 0) is 52.7 Å². The number of rotatable bonds is 6. The molecular formula is C22H19BrFNO3. The van der Waals surface area contributed by atoms with Gasteiger partial charge in [-0.25, -0.2) is 4.39 Å². The van der Waals surface area contributed by atoms with E-state index in [9.17, 15) is 9.18 Å². The van der Waals surface area contributed by atoms with Crippen LogP contribution < -0.4 is 14.8 Å². The third kappa shape index (κ3) is 4.70. The quantitative estimate of drug-likeness (QED) is 0.528. The third-order valence-corrected chi connectivity index (χ3v) is 4.71. The molecule has 3 aromatic carbocycles. The Morgan fingerprint density at radius 2 is 1.82 bits per heavy atom. The summed E-state index contributed by atoms with van der Waals surface area (Å²) in [5.74, 6) is -0.0557. The monoisotopic (exact) mass is 443 g/mol. The summed E-state index contributed by atoms with van der Waals surface area (Å²) < 4.78 is 25.6. The number of amides is 1. The molecule has 4 nitrogen and oxygen atoms in total. The second-order valence-corrected chi connectivity index (χ2v) is 7.05. The van der Waals surface area contributed by atoms with Gasteiger partial charge in [-0.1, -0.05) is 42.0 Å². The van der Waals surface area contributed by atoms with Crippen molar-refractivity contribution in [1.82, 2.24) is 0 Å². The number of methoxy groups -OCH3 is 1. The Morgan fingerprint density at radius 3 is 2.50 bits per heavy atom. The maximum Gasteiger partial charge on any atom is 0.255 e. The lowest BCUT2D eigenvalue weighted by atomic mass is 10.1. The van der Waals surface area contributed by atoms with Crippen LogP contribution >= 0.6 is 15.9 Å². The van der Waals surface area contributed by atoms with Crippen LogP contribution in [0.25, 0.3) is 0 Å². The Morgan fingerprint density at radius 1 is 1.11 bits per heavy atom. The number of hydrogen-bond donors (Lipinski definition) is 1. The van der Waals surface area contributed by atoms with E-state index in [1.54, 1.807) is 24.3 Å². The van der Waals surface area contributed by atoms with Crippen LogP contribution in [0.15, 0.2) is 65.1 Å². The highest BCUT2D eigenvalue weighted by Crippen LogP contribution is 2.37. The number of carbonyl (C=O) groups excluding carboxylic acids is 1. The summed E-state index contributed by atoms with van der Waals surface area (Å²) in [6.45, 7) is 2.38. The average Bonchev–Trinajstić information content (AvgIpc) is 2.69. The van der Waals surface area contributed by atoms with Crippen LogP contribution in [0.1, 0.15) is 21.5 Å². The standard InChI is InChI=1S/C22H19BrFNO3/c1-14-7-9-15(10-8-14)13-28-21-17(23)11-16(12-20(21)27-2)22(26)25-19-6-4-3-5-18(19)24/h3-12H,13H2,1-2H3,(H,25,26). The van der Waals surface area contributed by atoms with Crippen molar-refractivity contribution in [3.63, 3.8) is 0 Å². The first-order chi connectivity index (χ1) is 13.5. The molecule has 0 spiro atoms. The fraction of sp³-hybridized carbons (Fsp3) is 0.136. The Hall–Kier alpha value is -2.86. The smallest absolute Gasteiger partial charge is 0.255 e. The van der Waals surface area contributed by atoms with Crippen molar-refractivity contribution in [1.29, 1.82) is 0 Å². The van der Waals surface area contributed by atoms with Crippen LogP contribution in [0.4, 0.5) is 10.1 Å². The largest absolute Gasteiger partial charge is 0.493 e. The summed E-state index contributed by atoms with van der Waals surface area (Å²) >= 11 is 3.43. The Balaban J connectivity index is 1.79. The van der Waals surface area contributed by atoms with E-state index in [1.165, 1.54) is 24.8 Å². The molecule has 0 fully saturated rings. The van der Waals surface area contributed by atoms with E-state index in [-0.39, 0.29) is 5.69 Å². The summed E-state index contributed by atoms with van der Waals surface area (Å²) in [6, 6.07) is 17.2. The molecule has 0 saturated carbocycles. The number of para-hydroxylation sites is 1. The van der Waals surface area contributed by atoms with E-state index in [0.717, 1.165) is 5.56 Å². The van der Waals surface area contributed by atoms with Gasteiger partial charge in [0.2, 0.25) is 0 Å². The topological polar surface area (TPSA) is 47.6 Å². The first kappa shape index (κ1) is 19.9. The van der Waals surface area contributed by atoms with Crippen molar-refractivity contribution in [2.75, 3.05) is 12.4 Å². The Bertz CT molecular complexity index is 990. The van der Waals surface area contributed by atoms with Gasteiger partial charge in [0.15, 0.2) is 11.5 Å². The van der Waals surface area contributed by atoms with Crippen molar-refractivity contribution in [2.24, 2.45) is 0 Å². The lowest BCUT2D eigenvalue weighted by Gasteiger charge is -2.15. The molecule has 1 amide bonds. The number of benzene rings is 3. The molecule has 28 heavy (non-hydrogen) atoms. The first-order valence-electron chi connectivity index (χ1n) is 8.59. The molecule has 0 radical (unpaired) electrons. The van der Waals surface area contributed by atoms with E-state index in [1.807, 2.05) is 31.2 Å². The second-order valence-electron chi connectivity index (χ2n) is 6.20. The zero-order valence-electron chi connectivity index (χ0n) is 15.5. The van der Waals surface area contributed by atoms with Gasteiger partial charge < -0.3 is 14.8 Å². The van der Waals surface area contributed by atoms with E-state index in [4.69, 9.17) is 9.47 Å². The normalized spacial score (nSPS) is 10.4. The van der Waals surface area contributed by atoms with Gasteiger partial charge in [0, 0.05) is 5.56 Å². The van der Waals surface area contributed by atoms with Gasteiger partial charge >= 0.3 is 0 Å². The molecule has 0 aromatic heterocycles. The van der Waals surface area contributed by atoms with Crippen molar-refractivity contribution < 1.29 is 18.7 Å². The van der Waals surface area contributed by atoms with Gasteiger partial charge in [0.1, 0.15) is 12.4 Å². The van der Waals surface area contributed by atoms with Crippen molar-refractivity contribution in [2.45, 2.75) is 13.5 Å². The fourth-order valence-corrected chi connectivity index (χ4v) is 3.14. The highest BCUT2D eigenvalue weighted by Gasteiger charge is 2.17. The zero-order chi connectivity index (χ0) is 20.1. The zero-order valence-corrected chi connectivity index (χ0v) is 17.0. The molecule has 0 aliphatic carbocycles. The lowest BCUT2D eigenvalue weighted by Crippen LogP contribution is -2.13. The van der Waals surface area contributed by atoms with Gasteiger partial charge in [-0.15, -0.1) is 0 Å². The molecule has 144 valence electrons. The number of carbonyl (C=O) groups is 1. The molecular weight excluding hydrogens is 425 g/mol. The van der Waals surface area contributed by atoms with Gasteiger partial charge in [0.25, 0.3) is 5.91 Å². The van der Waals surface area contributed by atoms with Gasteiger partial charge in [0.05, 0.1) is 17.3 Å². The Labute approximate surface area is 171 Å². The summed E-state index contributed by atoms with van der Waals surface area (Å²) in [4.78, 5) is 12.5. The van der Waals surface area contributed by atoms with Crippen LogP contribution in [0.3, 0.4) is 0 Å². The minimum Gasteiger partial charge on any atom is -0.493 e. The molecule has 1 N–H and O–H groups in total. The molecule has 0 atom stereocenters. The van der Waals surface area contributed by atoms with E-state index in [2.05, 4.69) is 21.2 Å². The summed E-state index contributed by atoms with van der Waals surface area (Å²) in [6.07, 6.45) is 0. The van der Waals surface area contributed by atoms with E-state index in [0.29, 0.717) is 28.1 Å². The lowest BCUT2D eigenvalue weighted by molar-refractivity contribution is 0.102. The third-order valence-electron chi connectivity index (χ3n) is 4.12. The Kier molecular flexibility index (Phi) is 6.31. The fourth-order valence-electron chi connectivity index (χ4n) is 2.59. The number of nitrogens with one attached hydrogen (secondary N) is 1. The minimum absolute atomic E-state index is 0.113. The first-order valence-corrected chi connectivity index (χ1v) is 9.39. The minimum atomic E-state index is -0.500. The summed E-state index contributed by atoms with van der Waals surface area (Å²) in [5, 5.41) is 2.56. The molecule has 0 unspecified atom stereocenters. The molecule has 0 saturated heterocycles. The number of anilines is 1. The molecule has 6 heteroatoms. The SMILES string of the molecule is COc1cc(C(=O)Nc2ccccc2F)cc(Br)c1OCc1ccc(C)cc1. The van der Waals surface area contributed by atoms with Crippen molar-refractivity contribution >= 4 is 27.5 Å². The van der Waals surface area contributed by atoms with Crippen LogP contribution in [0.2, 0.25) is 0 Å². The molecule has 0 aliphatic heterocycles. The highest BCUT2D eigenvalue weighted by atomic mass is 79.9. The number of hydrogen-bond acceptors (Lipinski definition) is 3. The second kappa shape index (κ2) is 8.89. The van der Waals surface area contributed by atoms with Crippen LogP contribution in [0.5, 0.6) is 11.5 Å². The summed E-state index contributed by atoms with van der Waals surface area (Å²) in [5.41, 5.74) is 2.62. The van der Waals surface area contributed by atoms with Gasteiger partial charge in [-0.3, -0.25) is 4.79 Å². The van der Waals surface area contributed by atoms with Crippen LogP contribution in [-0.4, -0.2) is 13.0 Å². The molecule has 3 rings (SSSR count). The number of ether oxygens (including phenoxy) is 2.